The number of rotatable bonds is 4. The number of aromatic nitrogens is 4. The number of nitrogen functional groups attached to an aromatic ring is 1. The fourth-order valence-corrected chi connectivity index (χ4v) is 3.80. The number of imidazole rings is 1. The van der Waals surface area contributed by atoms with Gasteiger partial charge in [0.05, 0.1) is 23.4 Å². The number of thiazole rings is 1. The van der Waals surface area contributed by atoms with Gasteiger partial charge in [0, 0.05) is 36.7 Å². The second kappa shape index (κ2) is 6.64. The molecular formula is C17H18N6OS. The number of nitrogens with one attached hydrogen (secondary N) is 1. The molecule has 0 bridgehead atoms. The fraction of sp³-hybridized carbons (Fsp3) is 0.294. The van der Waals surface area contributed by atoms with Crippen LogP contribution in [0.1, 0.15) is 35.2 Å². The van der Waals surface area contributed by atoms with Gasteiger partial charge in [-0.25, -0.2) is 9.97 Å². The maximum atomic E-state index is 12.9. The van der Waals surface area contributed by atoms with Crippen LogP contribution < -0.4 is 5.73 Å². The Hall–Kier alpha value is -2.74. The number of pyridine rings is 1. The molecule has 1 aliphatic rings. The first-order valence-electron chi connectivity index (χ1n) is 8.15. The van der Waals surface area contributed by atoms with Crippen molar-refractivity contribution in [1.82, 2.24) is 24.8 Å². The van der Waals surface area contributed by atoms with Gasteiger partial charge in [-0.1, -0.05) is 6.07 Å². The van der Waals surface area contributed by atoms with Crippen LogP contribution in [0, 0.1) is 0 Å². The number of anilines is 1. The lowest BCUT2D eigenvalue weighted by atomic mass is 9.98. The van der Waals surface area contributed by atoms with E-state index in [0.29, 0.717) is 24.5 Å². The molecule has 8 heteroatoms. The molecule has 0 radical (unpaired) electrons. The zero-order chi connectivity index (χ0) is 17.2. The minimum absolute atomic E-state index is 0.0795. The van der Waals surface area contributed by atoms with Gasteiger partial charge in [0.25, 0.3) is 0 Å². The molecule has 0 aromatic carbocycles. The summed E-state index contributed by atoms with van der Waals surface area (Å²) >= 11 is 1.40. The van der Waals surface area contributed by atoms with E-state index in [-0.39, 0.29) is 11.9 Å². The maximum absolute atomic E-state index is 12.9. The quantitative estimate of drug-likeness (QED) is 0.746. The number of H-pyrrole nitrogens is 1. The fourth-order valence-electron chi connectivity index (χ4n) is 3.20. The Labute approximate surface area is 148 Å². The Morgan fingerprint density at radius 1 is 1.40 bits per heavy atom. The highest BCUT2D eigenvalue weighted by atomic mass is 32.1. The van der Waals surface area contributed by atoms with Crippen molar-refractivity contribution in [2.75, 3.05) is 12.3 Å². The van der Waals surface area contributed by atoms with E-state index in [0.717, 1.165) is 29.2 Å². The molecular weight excluding hydrogens is 336 g/mol. The molecule has 3 aromatic heterocycles. The number of aromatic amines is 1. The number of nitrogens with zero attached hydrogens (tertiary/aromatic N) is 4. The monoisotopic (exact) mass is 354 g/mol. The second-order valence-electron chi connectivity index (χ2n) is 5.94. The van der Waals surface area contributed by atoms with Crippen molar-refractivity contribution in [3.63, 3.8) is 0 Å². The van der Waals surface area contributed by atoms with Crippen molar-refractivity contribution in [2.45, 2.75) is 25.3 Å². The lowest BCUT2D eigenvalue weighted by Gasteiger charge is -2.34. The third-order valence-electron chi connectivity index (χ3n) is 4.38. The summed E-state index contributed by atoms with van der Waals surface area (Å²) in [7, 11) is 0. The molecule has 3 N–H and O–H groups in total. The highest BCUT2D eigenvalue weighted by Gasteiger charge is 2.34. The van der Waals surface area contributed by atoms with Crippen molar-refractivity contribution in [2.24, 2.45) is 0 Å². The SMILES string of the molecule is Nc1nc(CCC(=O)N2CCc3[nH]cnc3[C@@H]2c2ccccn2)cs1. The third-order valence-corrected chi connectivity index (χ3v) is 5.10. The minimum atomic E-state index is -0.246. The molecule has 0 aliphatic carbocycles. The Morgan fingerprint density at radius 3 is 3.08 bits per heavy atom. The van der Waals surface area contributed by atoms with E-state index in [1.807, 2.05) is 28.5 Å². The molecule has 0 saturated heterocycles. The number of hydrogen-bond donors (Lipinski definition) is 2. The van der Waals surface area contributed by atoms with E-state index < -0.39 is 0 Å². The summed E-state index contributed by atoms with van der Waals surface area (Å²) in [5, 5.41) is 2.44. The normalized spacial score (nSPS) is 16.6. The van der Waals surface area contributed by atoms with Crippen molar-refractivity contribution in [1.29, 1.82) is 0 Å². The molecule has 0 unspecified atom stereocenters. The summed E-state index contributed by atoms with van der Waals surface area (Å²) in [4.78, 5) is 31.1. The number of carbonyl (C=O) groups is 1. The molecule has 128 valence electrons. The van der Waals surface area contributed by atoms with E-state index in [4.69, 9.17) is 5.73 Å². The van der Waals surface area contributed by atoms with Gasteiger partial charge in [-0.15, -0.1) is 11.3 Å². The van der Waals surface area contributed by atoms with Gasteiger partial charge in [0.1, 0.15) is 6.04 Å². The predicted octanol–water partition coefficient (Wildman–Crippen LogP) is 1.95. The number of amides is 1. The maximum Gasteiger partial charge on any atom is 0.223 e. The predicted molar refractivity (Wildman–Crippen MR) is 94.9 cm³/mol. The summed E-state index contributed by atoms with van der Waals surface area (Å²) < 4.78 is 0. The van der Waals surface area contributed by atoms with E-state index in [1.54, 1.807) is 12.5 Å². The third kappa shape index (κ3) is 3.12. The first kappa shape index (κ1) is 15.8. The van der Waals surface area contributed by atoms with Gasteiger partial charge in [-0.3, -0.25) is 9.78 Å². The van der Waals surface area contributed by atoms with Gasteiger partial charge < -0.3 is 15.6 Å². The lowest BCUT2D eigenvalue weighted by Crippen LogP contribution is -2.41. The highest BCUT2D eigenvalue weighted by Crippen LogP contribution is 2.32. The number of fused-ring (bicyclic) bond motifs is 1. The van der Waals surface area contributed by atoms with Crippen molar-refractivity contribution < 1.29 is 4.79 Å². The van der Waals surface area contributed by atoms with Crippen LogP contribution in [0.15, 0.2) is 36.1 Å². The number of nitrogens with two attached hydrogens (primary N) is 1. The largest absolute Gasteiger partial charge is 0.375 e. The van der Waals surface area contributed by atoms with Crippen LogP contribution in [0.4, 0.5) is 5.13 Å². The van der Waals surface area contributed by atoms with Crippen LogP contribution in [-0.4, -0.2) is 37.3 Å². The Balaban J connectivity index is 1.58. The van der Waals surface area contributed by atoms with E-state index in [2.05, 4.69) is 19.9 Å². The van der Waals surface area contributed by atoms with Gasteiger partial charge in [-0.2, -0.15) is 0 Å². The number of aryl methyl sites for hydroxylation is 1. The van der Waals surface area contributed by atoms with Crippen molar-refractivity contribution in [3.8, 4) is 0 Å². The minimum Gasteiger partial charge on any atom is -0.375 e. The van der Waals surface area contributed by atoms with Gasteiger partial charge in [0.15, 0.2) is 5.13 Å². The van der Waals surface area contributed by atoms with Crippen LogP contribution in [0.25, 0.3) is 0 Å². The summed E-state index contributed by atoms with van der Waals surface area (Å²) in [5.41, 5.74) is 9.32. The van der Waals surface area contributed by atoms with Crippen LogP contribution in [-0.2, 0) is 17.6 Å². The van der Waals surface area contributed by atoms with Crippen molar-refractivity contribution in [3.05, 3.63) is 58.9 Å². The molecule has 0 spiro atoms. The number of carbonyl (C=O) groups excluding carboxylic acids is 1. The first-order chi connectivity index (χ1) is 12.2. The smallest absolute Gasteiger partial charge is 0.223 e. The summed E-state index contributed by atoms with van der Waals surface area (Å²) in [6.07, 6.45) is 5.19. The molecule has 4 heterocycles. The Kier molecular flexibility index (Phi) is 4.19. The lowest BCUT2D eigenvalue weighted by molar-refractivity contribution is -0.133. The van der Waals surface area contributed by atoms with Crippen molar-refractivity contribution >= 4 is 22.4 Å². The Morgan fingerprint density at radius 2 is 2.32 bits per heavy atom. The first-order valence-corrected chi connectivity index (χ1v) is 9.03. The standard InChI is InChI=1S/C17H18N6OS/c18-17-22-11(9-25-17)4-5-14(24)23-8-6-12-15(21-10-20-12)16(23)13-3-1-2-7-19-13/h1-3,7,9-10,16H,4-6,8H2,(H2,18,22)(H,20,21)/t16-/m0/s1. The zero-order valence-corrected chi connectivity index (χ0v) is 14.4. The molecule has 25 heavy (non-hydrogen) atoms. The molecule has 0 saturated carbocycles. The average Bonchev–Trinajstić information content (AvgIpc) is 3.28. The molecule has 7 nitrogen and oxygen atoms in total. The molecule has 1 amide bonds. The van der Waals surface area contributed by atoms with E-state index in [1.165, 1.54) is 11.3 Å². The van der Waals surface area contributed by atoms with Gasteiger partial charge in [0.2, 0.25) is 5.91 Å². The second-order valence-corrected chi connectivity index (χ2v) is 6.83. The highest BCUT2D eigenvalue weighted by molar-refractivity contribution is 7.13. The van der Waals surface area contributed by atoms with Crippen LogP contribution in [0.2, 0.25) is 0 Å². The number of hydrogen-bond acceptors (Lipinski definition) is 6. The van der Waals surface area contributed by atoms with Crippen LogP contribution >= 0.6 is 11.3 Å². The molecule has 3 aromatic rings. The van der Waals surface area contributed by atoms with Gasteiger partial charge in [-0.05, 0) is 18.6 Å². The summed E-state index contributed by atoms with van der Waals surface area (Å²) in [5.74, 6) is 0.0795. The molecule has 4 rings (SSSR count). The Bertz CT molecular complexity index is 874. The summed E-state index contributed by atoms with van der Waals surface area (Å²) in [6.45, 7) is 0.647. The molecule has 1 aliphatic heterocycles. The van der Waals surface area contributed by atoms with Gasteiger partial charge >= 0.3 is 0 Å². The molecule has 0 fully saturated rings. The van der Waals surface area contributed by atoms with E-state index >= 15 is 0 Å². The van der Waals surface area contributed by atoms with E-state index in [9.17, 15) is 4.79 Å². The van der Waals surface area contributed by atoms with Crippen LogP contribution in [0.3, 0.4) is 0 Å². The topological polar surface area (TPSA) is 101 Å². The zero-order valence-electron chi connectivity index (χ0n) is 13.6. The summed E-state index contributed by atoms with van der Waals surface area (Å²) in [6, 6.07) is 5.50. The molecule has 1 atom stereocenters. The van der Waals surface area contributed by atoms with Crippen LogP contribution in [0.5, 0.6) is 0 Å². The average molecular weight is 354 g/mol.